The number of para-hydroxylation sites is 1. The molecule has 2 aromatic carbocycles. The van der Waals surface area contributed by atoms with Gasteiger partial charge in [0.15, 0.2) is 5.78 Å². The van der Waals surface area contributed by atoms with Crippen LogP contribution in [-0.4, -0.2) is 27.1 Å². The maximum absolute atomic E-state index is 12.3. The lowest BCUT2D eigenvalue weighted by Crippen LogP contribution is -2.42. The Balaban J connectivity index is 1.52. The van der Waals surface area contributed by atoms with Crippen molar-refractivity contribution >= 4 is 17.6 Å². The van der Waals surface area contributed by atoms with Gasteiger partial charge in [0.1, 0.15) is 5.69 Å². The van der Waals surface area contributed by atoms with Crippen LogP contribution in [0.3, 0.4) is 0 Å². The highest BCUT2D eigenvalue weighted by molar-refractivity contribution is 5.98. The summed E-state index contributed by atoms with van der Waals surface area (Å²) in [6, 6.07) is 18.0. The number of Topliss-reactive ketones (excluding diaryl/α,β-unsaturated/α-hetero) is 1. The molecule has 0 spiro atoms. The minimum atomic E-state index is -0.501. The predicted octanol–water partition coefficient (Wildman–Crippen LogP) is 2.30. The Kier molecular flexibility index (Phi) is 5.73. The SMILES string of the molecule is O=C(CCC(=O)c1ccccc1)NNC(=O)c1cncn1-c1ccccc1. The molecule has 0 aliphatic carbocycles. The molecule has 0 bridgehead atoms. The number of carbonyl (C=O) groups excluding carboxylic acids is 3. The molecule has 7 nitrogen and oxygen atoms in total. The zero-order valence-electron chi connectivity index (χ0n) is 14.5. The summed E-state index contributed by atoms with van der Waals surface area (Å²) >= 11 is 0. The van der Waals surface area contributed by atoms with Crippen LogP contribution in [0.15, 0.2) is 73.2 Å². The topological polar surface area (TPSA) is 93.1 Å². The largest absolute Gasteiger partial charge is 0.295 e. The summed E-state index contributed by atoms with van der Waals surface area (Å²) in [5.41, 5.74) is 6.29. The van der Waals surface area contributed by atoms with Crippen LogP contribution >= 0.6 is 0 Å². The van der Waals surface area contributed by atoms with E-state index in [4.69, 9.17) is 0 Å². The molecule has 1 heterocycles. The van der Waals surface area contributed by atoms with Crippen molar-refractivity contribution in [2.45, 2.75) is 12.8 Å². The van der Waals surface area contributed by atoms with E-state index in [9.17, 15) is 14.4 Å². The number of hydrogen-bond acceptors (Lipinski definition) is 4. The number of nitrogens with zero attached hydrogens (tertiary/aromatic N) is 2. The smallest absolute Gasteiger partial charge is 0.288 e. The lowest BCUT2D eigenvalue weighted by atomic mass is 10.1. The van der Waals surface area contributed by atoms with Crippen LogP contribution in [-0.2, 0) is 4.79 Å². The third kappa shape index (κ3) is 4.66. The van der Waals surface area contributed by atoms with E-state index >= 15 is 0 Å². The molecule has 1 aromatic heterocycles. The number of rotatable bonds is 6. The lowest BCUT2D eigenvalue weighted by Gasteiger charge is -2.09. The van der Waals surface area contributed by atoms with Gasteiger partial charge in [0.05, 0.1) is 12.5 Å². The van der Waals surface area contributed by atoms with Gasteiger partial charge in [-0.1, -0.05) is 48.5 Å². The molecule has 2 N–H and O–H groups in total. The average Bonchev–Trinajstić information content (AvgIpc) is 3.21. The van der Waals surface area contributed by atoms with Gasteiger partial charge in [-0.2, -0.15) is 0 Å². The van der Waals surface area contributed by atoms with Crippen molar-refractivity contribution in [3.8, 4) is 5.69 Å². The van der Waals surface area contributed by atoms with Gasteiger partial charge in [-0.3, -0.25) is 29.8 Å². The van der Waals surface area contributed by atoms with Crippen LogP contribution in [0.2, 0.25) is 0 Å². The molecule has 7 heteroatoms. The standard InChI is InChI=1S/C20H18N4O3/c25-18(15-7-3-1-4-8-15)11-12-19(26)22-23-20(27)17-13-21-14-24(17)16-9-5-2-6-10-16/h1-10,13-14H,11-12H2,(H,22,26)(H,23,27). The highest BCUT2D eigenvalue weighted by atomic mass is 16.2. The van der Waals surface area contributed by atoms with Gasteiger partial charge in [-0.25, -0.2) is 4.98 Å². The van der Waals surface area contributed by atoms with Crippen LogP contribution in [0.1, 0.15) is 33.7 Å². The summed E-state index contributed by atoms with van der Waals surface area (Å²) in [4.78, 5) is 40.2. The number of imidazole rings is 1. The Hall–Kier alpha value is -3.74. The van der Waals surface area contributed by atoms with Crippen molar-refractivity contribution in [1.29, 1.82) is 0 Å². The van der Waals surface area contributed by atoms with E-state index < -0.39 is 11.8 Å². The molecule has 0 aliphatic heterocycles. The van der Waals surface area contributed by atoms with Crippen LogP contribution in [0.25, 0.3) is 5.69 Å². The number of hydrogen-bond donors (Lipinski definition) is 2. The van der Waals surface area contributed by atoms with Gasteiger partial charge >= 0.3 is 0 Å². The molecule has 2 amide bonds. The number of benzene rings is 2. The minimum Gasteiger partial charge on any atom is -0.295 e. The first-order chi connectivity index (χ1) is 13.1. The summed E-state index contributed by atoms with van der Waals surface area (Å²) in [6.45, 7) is 0. The van der Waals surface area contributed by atoms with Crippen molar-refractivity contribution in [1.82, 2.24) is 20.4 Å². The molecule has 3 aromatic rings. The van der Waals surface area contributed by atoms with Gasteiger partial charge in [-0.05, 0) is 12.1 Å². The molecule has 3 rings (SSSR count). The van der Waals surface area contributed by atoms with Crippen molar-refractivity contribution in [2.75, 3.05) is 0 Å². The van der Waals surface area contributed by atoms with Crippen LogP contribution in [0, 0.1) is 0 Å². The summed E-state index contributed by atoms with van der Waals surface area (Å²) in [6.07, 6.45) is 2.97. The second-order valence-corrected chi connectivity index (χ2v) is 5.78. The second kappa shape index (κ2) is 8.57. The third-order valence-corrected chi connectivity index (χ3v) is 3.90. The third-order valence-electron chi connectivity index (χ3n) is 3.90. The maximum atomic E-state index is 12.3. The summed E-state index contributed by atoms with van der Waals surface area (Å²) < 4.78 is 1.61. The Bertz CT molecular complexity index is 936. The van der Waals surface area contributed by atoms with Gasteiger partial charge in [0.25, 0.3) is 5.91 Å². The van der Waals surface area contributed by atoms with Crippen molar-refractivity contribution in [3.63, 3.8) is 0 Å². The molecule has 27 heavy (non-hydrogen) atoms. The fraction of sp³-hybridized carbons (Fsp3) is 0.100. The molecule has 136 valence electrons. The highest BCUT2D eigenvalue weighted by Gasteiger charge is 2.14. The fourth-order valence-corrected chi connectivity index (χ4v) is 2.51. The molecular weight excluding hydrogens is 344 g/mol. The van der Waals surface area contributed by atoms with E-state index in [1.165, 1.54) is 12.5 Å². The maximum Gasteiger partial charge on any atom is 0.288 e. The van der Waals surface area contributed by atoms with E-state index in [0.29, 0.717) is 5.56 Å². The fourth-order valence-electron chi connectivity index (χ4n) is 2.51. The number of hydrazine groups is 1. The van der Waals surface area contributed by atoms with Crippen LogP contribution in [0.4, 0.5) is 0 Å². The van der Waals surface area contributed by atoms with E-state index in [0.717, 1.165) is 5.69 Å². The molecule has 0 aliphatic rings. The van der Waals surface area contributed by atoms with Crippen LogP contribution in [0.5, 0.6) is 0 Å². The Labute approximate surface area is 156 Å². The first-order valence-electron chi connectivity index (χ1n) is 8.40. The molecule has 0 fully saturated rings. The number of aromatic nitrogens is 2. The normalized spacial score (nSPS) is 10.2. The number of carbonyl (C=O) groups is 3. The molecule has 0 radical (unpaired) electrons. The van der Waals surface area contributed by atoms with Crippen molar-refractivity contribution in [2.24, 2.45) is 0 Å². The monoisotopic (exact) mass is 362 g/mol. The first kappa shape index (κ1) is 18.1. The summed E-state index contributed by atoms with van der Waals surface area (Å²) in [5.74, 6) is -1.07. The van der Waals surface area contributed by atoms with E-state index in [2.05, 4.69) is 15.8 Å². The Morgan fingerprint density at radius 3 is 2.22 bits per heavy atom. The summed E-state index contributed by atoms with van der Waals surface area (Å²) in [5, 5.41) is 0. The zero-order valence-corrected chi connectivity index (χ0v) is 14.5. The molecule has 0 saturated carbocycles. The first-order valence-corrected chi connectivity index (χ1v) is 8.40. The highest BCUT2D eigenvalue weighted by Crippen LogP contribution is 2.10. The van der Waals surface area contributed by atoms with E-state index in [1.54, 1.807) is 28.8 Å². The molecule has 0 atom stereocenters. The number of ketones is 1. The van der Waals surface area contributed by atoms with Crippen LogP contribution < -0.4 is 10.9 Å². The van der Waals surface area contributed by atoms with Gasteiger partial charge in [-0.15, -0.1) is 0 Å². The Morgan fingerprint density at radius 1 is 0.852 bits per heavy atom. The quantitative estimate of drug-likeness (QED) is 0.520. The van der Waals surface area contributed by atoms with Gasteiger partial charge < -0.3 is 0 Å². The zero-order chi connectivity index (χ0) is 19.1. The van der Waals surface area contributed by atoms with Crippen molar-refractivity contribution < 1.29 is 14.4 Å². The number of nitrogens with one attached hydrogen (secondary N) is 2. The van der Waals surface area contributed by atoms with Crippen molar-refractivity contribution in [3.05, 3.63) is 84.4 Å². The summed E-state index contributed by atoms with van der Waals surface area (Å²) in [7, 11) is 0. The van der Waals surface area contributed by atoms with E-state index in [-0.39, 0.29) is 24.3 Å². The molecule has 0 saturated heterocycles. The lowest BCUT2D eigenvalue weighted by molar-refractivity contribution is -0.121. The average molecular weight is 362 g/mol. The van der Waals surface area contributed by atoms with Gasteiger partial charge in [0.2, 0.25) is 5.91 Å². The second-order valence-electron chi connectivity index (χ2n) is 5.78. The Morgan fingerprint density at radius 2 is 1.52 bits per heavy atom. The van der Waals surface area contributed by atoms with E-state index in [1.807, 2.05) is 36.4 Å². The minimum absolute atomic E-state index is 0.0219. The predicted molar refractivity (Wildman–Crippen MR) is 99.2 cm³/mol. The number of amides is 2. The molecular formula is C20H18N4O3. The molecule has 0 unspecified atom stereocenters. The van der Waals surface area contributed by atoms with Gasteiger partial charge in [0, 0.05) is 24.1 Å².